The summed E-state index contributed by atoms with van der Waals surface area (Å²) < 4.78 is 12.5. The van der Waals surface area contributed by atoms with Gasteiger partial charge in [-0.15, -0.1) is 0 Å². The van der Waals surface area contributed by atoms with Crippen molar-refractivity contribution in [3.05, 3.63) is 82.4 Å². The summed E-state index contributed by atoms with van der Waals surface area (Å²) in [5.74, 6) is 2.01. The molecule has 3 aliphatic rings. The highest BCUT2D eigenvalue weighted by atomic mass is 16.5. The molecular formula is C31H35NO2. The van der Waals surface area contributed by atoms with Gasteiger partial charge in [-0.25, -0.2) is 0 Å². The van der Waals surface area contributed by atoms with Crippen LogP contribution in [0, 0.1) is 12.3 Å². The highest BCUT2D eigenvalue weighted by molar-refractivity contribution is 5.68. The minimum absolute atomic E-state index is 0.579. The van der Waals surface area contributed by atoms with Gasteiger partial charge in [-0.1, -0.05) is 48.5 Å². The van der Waals surface area contributed by atoms with E-state index in [2.05, 4.69) is 66.4 Å². The summed E-state index contributed by atoms with van der Waals surface area (Å²) in [6.07, 6.45) is 7.68. The van der Waals surface area contributed by atoms with Crippen molar-refractivity contribution in [2.75, 3.05) is 20.2 Å². The van der Waals surface area contributed by atoms with Crippen molar-refractivity contribution in [2.45, 2.75) is 58.6 Å². The molecule has 0 atom stereocenters. The molecule has 3 nitrogen and oxygen atoms in total. The van der Waals surface area contributed by atoms with E-state index in [4.69, 9.17) is 9.47 Å². The van der Waals surface area contributed by atoms with Crippen molar-refractivity contribution in [3.63, 3.8) is 0 Å². The molecule has 3 aromatic carbocycles. The molecule has 0 aromatic heterocycles. The van der Waals surface area contributed by atoms with E-state index in [9.17, 15) is 0 Å². The smallest absolute Gasteiger partial charge is 0.127 e. The Bertz CT molecular complexity index is 1200. The number of ether oxygens (including phenoxy) is 2. The van der Waals surface area contributed by atoms with E-state index >= 15 is 0 Å². The zero-order chi connectivity index (χ0) is 23.1. The van der Waals surface area contributed by atoms with Gasteiger partial charge in [0.05, 0.1) is 7.11 Å². The molecule has 1 aliphatic heterocycles. The molecule has 1 saturated carbocycles. The molecule has 1 saturated heterocycles. The highest BCUT2D eigenvalue weighted by Crippen LogP contribution is 2.53. The lowest BCUT2D eigenvalue weighted by Gasteiger charge is -2.22. The zero-order valence-electron chi connectivity index (χ0n) is 20.5. The van der Waals surface area contributed by atoms with Crippen LogP contribution in [-0.4, -0.2) is 25.1 Å². The lowest BCUT2D eigenvalue weighted by Crippen LogP contribution is -2.22. The summed E-state index contributed by atoms with van der Waals surface area (Å²) in [4.78, 5) is 2.66. The molecule has 2 aliphatic carbocycles. The first kappa shape index (κ1) is 21.7. The highest BCUT2D eigenvalue weighted by Gasteiger charge is 2.47. The predicted octanol–water partition coefficient (Wildman–Crippen LogP) is 6.72. The van der Waals surface area contributed by atoms with E-state index in [1.54, 1.807) is 0 Å². The molecule has 6 rings (SSSR count). The van der Waals surface area contributed by atoms with Gasteiger partial charge in [0.1, 0.15) is 18.1 Å². The molecule has 0 bridgehead atoms. The van der Waals surface area contributed by atoms with Gasteiger partial charge < -0.3 is 9.47 Å². The van der Waals surface area contributed by atoms with Gasteiger partial charge in [-0.3, -0.25) is 4.90 Å². The number of nitrogens with zero attached hydrogens (tertiary/aromatic N) is 1. The summed E-state index contributed by atoms with van der Waals surface area (Å²) in [7, 11) is 1.81. The standard InChI is InChI=1S/C31H35NO2/c1-22-24(10-6-11-25(22)23-8-4-3-5-9-23)20-34-30-18-29(33-2)28(26-12-7-13-27(26)30)19-32-17-16-31(21-32)14-15-31/h3-6,8-11,18H,7,12-17,19-21H2,1-2H3. The molecule has 3 heteroatoms. The lowest BCUT2D eigenvalue weighted by atomic mass is 9.97. The number of methoxy groups -OCH3 is 1. The molecule has 176 valence electrons. The topological polar surface area (TPSA) is 21.7 Å². The molecule has 0 radical (unpaired) electrons. The third-order valence-corrected chi connectivity index (χ3v) is 8.43. The molecule has 0 N–H and O–H groups in total. The SMILES string of the molecule is COc1cc(OCc2cccc(-c3ccccc3)c2C)c2c(c1CN1CCC3(CC3)C1)CCC2. The van der Waals surface area contributed by atoms with Gasteiger partial charge in [-0.2, -0.15) is 0 Å². The maximum atomic E-state index is 6.52. The average Bonchev–Trinajstić information content (AvgIpc) is 3.25. The lowest BCUT2D eigenvalue weighted by molar-refractivity contribution is 0.292. The normalized spacial score (nSPS) is 18.3. The maximum absolute atomic E-state index is 6.52. The van der Waals surface area contributed by atoms with Gasteiger partial charge in [-0.05, 0) is 90.8 Å². The van der Waals surface area contributed by atoms with E-state index in [1.165, 1.54) is 77.7 Å². The summed E-state index contributed by atoms with van der Waals surface area (Å²) in [5.41, 5.74) is 10.0. The Labute approximate surface area is 203 Å². The monoisotopic (exact) mass is 453 g/mol. The van der Waals surface area contributed by atoms with Crippen LogP contribution in [0.15, 0.2) is 54.6 Å². The fraction of sp³-hybridized carbons (Fsp3) is 0.419. The van der Waals surface area contributed by atoms with Crippen molar-refractivity contribution in [2.24, 2.45) is 5.41 Å². The van der Waals surface area contributed by atoms with Gasteiger partial charge >= 0.3 is 0 Å². The van der Waals surface area contributed by atoms with Crippen LogP contribution in [-0.2, 0) is 26.0 Å². The van der Waals surface area contributed by atoms with Gasteiger partial charge in [0.25, 0.3) is 0 Å². The molecule has 1 heterocycles. The van der Waals surface area contributed by atoms with E-state index in [0.717, 1.165) is 30.9 Å². The second-order valence-corrected chi connectivity index (χ2v) is 10.6. The van der Waals surface area contributed by atoms with Gasteiger partial charge in [0.15, 0.2) is 0 Å². The van der Waals surface area contributed by atoms with Crippen LogP contribution in [0.1, 0.15) is 53.5 Å². The summed E-state index contributed by atoms with van der Waals surface area (Å²) >= 11 is 0. The molecule has 3 aromatic rings. The summed E-state index contributed by atoms with van der Waals surface area (Å²) in [5, 5.41) is 0. The van der Waals surface area contributed by atoms with Crippen molar-refractivity contribution < 1.29 is 9.47 Å². The first-order chi connectivity index (χ1) is 16.7. The van der Waals surface area contributed by atoms with Crippen LogP contribution in [0.3, 0.4) is 0 Å². The largest absolute Gasteiger partial charge is 0.496 e. The van der Waals surface area contributed by atoms with Crippen molar-refractivity contribution >= 4 is 0 Å². The fourth-order valence-corrected chi connectivity index (χ4v) is 6.17. The van der Waals surface area contributed by atoms with Crippen LogP contribution < -0.4 is 9.47 Å². The minimum atomic E-state index is 0.579. The first-order valence-corrected chi connectivity index (χ1v) is 12.9. The summed E-state index contributed by atoms with van der Waals surface area (Å²) in [6, 6.07) is 19.3. The molecule has 2 fully saturated rings. The van der Waals surface area contributed by atoms with Crippen LogP contribution in [0.5, 0.6) is 11.5 Å². The number of fused-ring (bicyclic) bond motifs is 1. The Morgan fingerprint density at radius 3 is 2.50 bits per heavy atom. The van der Waals surface area contributed by atoms with Crippen LogP contribution in [0.25, 0.3) is 11.1 Å². The van der Waals surface area contributed by atoms with Crippen molar-refractivity contribution in [1.82, 2.24) is 4.90 Å². The van der Waals surface area contributed by atoms with E-state index in [-0.39, 0.29) is 0 Å². The van der Waals surface area contributed by atoms with E-state index < -0.39 is 0 Å². The third kappa shape index (κ3) is 4.01. The van der Waals surface area contributed by atoms with Gasteiger partial charge in [0, 0.05) is 24.7 Å². The molecule has 0 unspecified atom stereocenters. The van der Waals surface area contributed by atoms with Crippen LogP contribution in [0.4, 0.5) is 0 Å². The zero-order valence-corrected chi connectivity index (χ0v) is 20.5. The van der Waals surface area contributed by atoms with Crippen LogP contribution >= 0.6 is 0 Å². The molecule has 0 amide bonds. The Morgan fingerprint density at radius 1 is 0.912 bits per heavy atom. The van der Waals surface area contributed by atoms with E-state index in [1.807, 2.05) is 7.11 Å². The number of benzene rings is 3. The number of likely N-dealkylation sites (tertiary alicyclic amines) is 1. The quantitative estimate of drug-likeness (QED) is 0.396. The molecular weight excluding hydrogens is 418 g/mol. The minimum Gasteiger partial charge on any atom is -0.496 e. The number of hydrogen-bond acceptors (Lipinski definition) is 3. The third-order valence-electron chi connectivity index (χ3n) is 8.43. The Morgan fingerprint density at radius 2 is 1.74 bits per heavy atom. The number of hydrogen-bond donors (Lipinski definition) is 0. The Hall–Kier alpha value is -2.78. The first-order valence-electron chi connectivity index (χ1n) is 12.9. The van der Waals surface area contributed by atoms with Crippen molar-refractivity contribution in [1.29, 1.82) is 0 Å². The Kier molecular flexibility index (Phi) is 5.61. The van der Waals surface area contributed by atoms with Gasteiger partial charge in [0.2, 0.25) is 0 Å². The second-order valence-electron chi connectivity index (χ2n) is 10.6. The second kappa shape index (κ2) is 8.78. The Balaban J connectivity index is 1.25. The maximum Gasteiger partial charge on any atom is 0.127 e. The molecule has 34 heavy (non-hydrogen) atoms. The van der Waals surface area contributed by atoms with Crippen LogP contribution in [0.2, 0.25) is 0 Å². The van der Waals surface area contributed by atoms with E-state index in [0.29, 0.717) is 12.0 Å². The van der Waals surface area contributed by atoms with Crippen molar-refractivity contribution in [3.8, 4) is 22.6 Å². The number of rotatable bonds is 7. The summed E-state index contributed by atoms with van der Waals surface area (Å²) in [6.45, 7) is 6.30. The molecule has 1 spiro atoms. The average molecular weight is 454 g/mol. The fourth-order valence-electron chi connectivity index (χ4n) is 6.17. The predicted molar refractivity (Wildman–Crippen MR) is 138 cm³/mol.